The lowest BCUT2D eigenvalue weighted by Crippen LogP contribution is -2.25. The van der Waals surface area contributed by atoms with Crippen molar-refractivity contribution in [3.8, 4) is 0 Å². The molecule has 1 N–H and O–H groups in total. The molecule has 19 heavy (non-hydrogen) atoms. The van der Waals surface area contributed by atoms with Gasteiger partial charge in [-0.3, -0.25) is 9.59 Å². The molecule has 0 amide bonds. The van der Waals surface area contributed by atoms with Gasteiger partial charge < -0.3 is 5.32 Å². The summed E-state index contributed by atoms with van der Waals surface area (Å²) in [5.74, 6) is 0.466. The molecule has 3 nitrogen and oxygen atoms in total. The van der Waals surface area contributed by atoms with E-state index in [-0.39, 0.29) is 17.5 Å². The number of allylic oxidation sites excluding steroid dienone is 4. The van der Waals surface area contributed by atoms with Crippen LogP contribution >= 0.6 is 0 Å². The topological polar surface area (TPSA) is 46.2 Å². The molecule has 0 spiro atoms. The summed E-state index contributed by atoms with van der Waals surface area (Å²) in [7, 11) is 0. The first-order valence-corrected chi connectivity index (χ1v) is 7.48. The highest BCUT2D eigenvalue weighted by Gasteiger charge is 2.39. The first-order chi connectivity index (χ1) is 9.18. The molecule has 106 valence electrons. The molecule has 0 atom stereocenters. The fourth-order valence-electron chi connectivity index (χ4n) is 2.94. The van der Waals surface area contributed by atoms with Crippen molar-refractivity contribution in [2.75, 3.05) is 0 Å². The van der Waals surface area contributed by atoms with Crippen LogP contribution < -0.4 is 5.32 Å². The second kappa shape index (κ2) is 6.69. The molecular weight excluding hydrogens is 238 g/mol. The number of ketones is 2. The minimum atomic E-state index is 0.0289. The summed E-state index contributed by atoms with van der Waals surface area (Å²) in [6.07, 6.45) is 2.86. The van der Waals surface area contributed by atoms with Gasteiger partial charge >= 0.3 is 0 Å². The lowest BCUT2D eigenvalue weighted by Gasteiger charge is -2.23. The van der Waals surface area contributed by atoms with E-state index in [1.54, 1.807) is 0 Å². The Morgan fingerprint density at radius 3 is 1.53 bits per heavy atom. The maximum Gasteiger partial charge on any atom is 0.161 e. The van der Waals surface area contributed by atoms with Gasteiger partial charge in [-0.05, 0) is 12.8 Å². The van der Waals surface area contributed by atoms with Crippen LogP contribution in [0.4, 0.5) is 0 Å². The zero-order chi connectivity index (χ0) is 14.6. The summed E-state index contributed by atoms with van der Waals surface area (Å²) in [5, 5.41) is 3.29. The summed E-state index contributed by atoms with van der Waals surface area (Å²) in [4.78, 5) is 23.4. The van der Waals surface area contributed by atoms with Crippen LogP contribution in [0.1, 0.15) is 60.3 Å². The number of dihydropyridines is 1. The van der Waals surface area contributed by atoms with Crippen molar-refractivity contribution in [1.82, 2.24) is 5.32 Å². The van der Waals surface area contributed by atoms with E-state index in [1.165, 1.54) is 0 Å². The number of nitrogens with one attached hydrogen (secondary N) is 1. The minimum Gasteiger partial charge on any atom is -0.362 e. The molecule has 1 aliphatic heterocycles. The van der Waals surface area contributed by atoms with E-state index in [2.05, 4.69) is 5.32 Å². The molecule has 0 aromatic carbocycles. The van der Waals surface area contributed by atoms with Crippen molar-refractivity contribution in [2.45, 2.75) is 60.3 Å². The van der Waals surface area contributed by atoms with Crippen LogP contribution in [-0.2, 0) is 9.59 Å². The number of Topliss-reactive ketones (excluding diaryl/α,β-unsaturated/α-hetero) is 2. The molecule has 0 radical (unpaired) electrons. The Labute approximate surface area is 116 Å². The first-order valence-electron chi connectivity index (χ1n) is 7.48. The van der Waals surface area contributed by atoms with Gasteiger partial charge in [-0.25, -0.2) is 0 Å². The zero-order valence-corrected chi connectivity index (χ0v) is 12.7. The standard InChI is InChI=1S/C12H13NO2.2C2H6/c1-6-11-7(2-4-9(11)14)13-8-3-5-10(15)12(6)8;2*1-2/h6,13H,2-5H2,1H3;2*1-2H3. The van der Waals surface area contributed by atoms with E-state index in [0.717, 1.165) is 35.4 Å². The van der Waals surface area contributed by atoms with Crippen molar-refractivity contribution in [3.63, 3.8) is 0 Å². The van der Waals surface area contributed by atoms with Crippen LogP contribution in [0.5, 0.6) is 0 Å². The summed E-state index contributed by atoms with van der Waals surface area (Å²) < 4.78 is 0. The van der Waals surface area contributed by atoms with E-state index < -0.39 is 0 Å². The Balaban J connectivity index is 0.000000415. The largest absolute Gasteiger partial charge is 0.362 e. The molecule has 0 fully saturated rings. The molecule has 3 heteroatoms. The molecule has 3 aliphatic rings. The van der Waals surface area contributed by atoms with Gasteiger partial charge in [0, 0.05) is 41.3 Å². The summed E-state index contributed by atoms with van der Waals surface area (Å²) in [5.41, 5.74) is 3.87. The number of rotatable bonds is 0. The highest BCUT2D eigenvalue weighted by atomic mass is 16.1. The number of carbonyl (C=O) groups is 2. The molecule has 1 heterocycles. The Morgan fingerprint density at radius 2 is 1.16 bits per heavy atom. The van der Waals surface area contributed by atoms with Gasteiger partial charge in [0.1, 0.15) is 0 Å². The smallest absolute Gasteiger partial charge is 0.161 e. The van der Waals surface area contributed by atoms with Gasteiger partial charge in [-0.1, -0.05) is 34.6 Å². The molecule has 0 bridgehead atoms. The highest BCUT2D eigenvalue weighted by molar-refractivity contribution is 6.06. The van der Waals surface area contributed by atoms with Crippen LogP contribution in [0.2, 0.25) is 0 Å². The maximum absolute atomic E-state index is 11.7. The fraction of sp³-hybridized carbons (Fsp3) is 0.625. The van der Waals surface area contributed by atoms with E-state index in [9.17, 15) is 9.59 Å². The van der Waals surface area contributed by atoms with Crippen molar-refractivity contribution in [1.29, 1.82) is 0 Å². The molecule has 3 rings (SSSR count). The van der Waals surface area contributed by atoms with E-state index in [0.29, 0.717) is 12.8 Å². The van der Waals surface area contributed by atoms with Crippen molar-refractivity contribution in [3.05, 3.63) is 22.5 Å². The lowest BCUT2D eigenvalue weighted by atomic mass is 9.87. The summed E-state index contributed by atoms with van der Waals surface area (Å²) in [6, 6.07) is 0. The number of carbonyl (C=O) groups excluding carboxylic acids is 2. The SMILES string of the molecule is CC.CC.CC1C2=C(CCC2=O)NC2=C1C(=O)CC2. The van der Waals surface area contributed by atoms with E-state index >= 15 is 0 Å². The van der Waals surface area contributed by atoms with E-state index in [1.807, 2.05) is 34.6 Å². The van der Waals surface area contributed by atoms with Crippen LogP contribution in [0.3, 0.4) is 0 Å². The quantitative estimate of drug-likeness (QED) is 0.727. The third kappa shape index (κ3) is 2.65. The third-order valence-electron chi connectivity index (χ3n) is 3.62. The molecule has 0 aromatic rings. The average molecular weight is 263 g/mol. The van der Waals surface area contributed by atoms with Gasteiger partial charge in [-0.15, -0.1) is 0 Å². The van der Waals surface area contributed by atoms with Crippen molar-refractivity contribution in [2.24, 2.45) is 5.92 Å². The third-order valence-corrected chi connectivity index (χ3v) is 3.62. The Morgan fingerprint density at radius 1 is 0.789 bits per heavy atom. The average Bonchev–Trinajstić information content (AvgIpc) is 3.00. The van der Waals surface area contributed by atoms with Crippen molar-refractivity contribution >= 4 is 11.6 Å². The van der Waals surface area contributed by atoms with Crippen LogP contribution in [0, 0.1) is 5.92 Å². The zero-order valence-electron chi connectivity index (χ0n) is 12.7. The monoisotopic (exact) mass is 263 g/mol. The molecular formula is C16H25NO2. The second-order valence-corrected chi connectivity index (χ2v) is 4.48. The highest BCUT2D eigenvalue weighted by Crippen LogP contribution is 2.40. The summed E-state index contributed by atoms with van der Waals surface area (Å²) >= 11 is 0. The van der Waals surface area contributed by atoms with Crippen LogP contribution in [-0.4, -0.2) is 11.6 Å². The molecule has 2 aliphatic carbocycles. The van der Waals surface area contributed by atoms with Crippen molar-refractivity contribution < 1.29 is 9.59 Å². The molecule has 0 saturated heterocycles. The Kier molecular flexibility index (Phi) is 5.52. The van der Waals surface area contributed by atoms with Gasteiger partial charge in [-0.2, -0.15) is 0 Å². The van der Waals surface area contributed by atoms with Gasteiger partial charge in [0.05, 0.1) is 0 Å². The number of hydrogen-bond acceptors (Lipinski definition) is 3. The van der Waals surface area contributed by atoms with Crippen LogP contribution in [0.15, 0.2) is 22.5 Å². The summed E-state index contributed by atoms with van der Waals surface area (Å²) in [6.45, 7) is 9.98. The Hall–Kier alpha value is -1.38. The predicted molar refractivity (Wildman–Crippen MR) is 77.5 cm³/mol. The maximum atomic E-state index is 11.7. The van der Waals surface area contributed by atoms with Gasteiger partial charge in [0.25, 0.3) is 0 Å². The molecule has 0 saturated carbocycles. The Bertz CT molecular complexity index is 404. The molecule has 0 unspecified atom stereocenters. The number of hydrogen-bond donors (Lipinski definition) is 1. The second-order valence-electron chi connectivity index (χ2n) is 4.48. The molecule has 0 aromatic heterocycles. The van der Waals surface area contributed by atoms with E-state index in [4.69, 9.17) is 0 Å². The van der Waals surface area contributed by atoms with Gasteiger partial charge in [0.15, 0.2) is 11.6 Å². The fourth-order valence-corrected chi connectivity index (χ4v) is 2.94. The van der Waals surface area contributed by atoms with Gasteiger partial charge in [0.2, 0.25) is 0 Å². The first kappa shape index (κ1) is 15.7. The normalized spacial score (nSPS) is 21.1. The van der Waals surface area contributed by atoms with Crippen LogP contribution in [0.25, 0.3) is 0 Å². The minimum absolute atomic E-state index is 0.0289. The lowest BCUT2D eigenvalue weighted by molar-refractivity contribution is -0.115. The predicted octanol–water partition coefficient (Wildman–Crippen LogP) is 3.51.